The topological polar surface area (TPSA) is 27.7 Å². The number of hydrogen-bond donors (Lipinski definition) is 0. The van der Waals surface area contributed by atoms with E-state index in [1.807, 2.05) is 37.3 Å². The SMILES string of the molecule is COc1ccc(COC(C/C=C(\C)Cl)CCO[Si](C)(C)C(C)(C)C)cc1. The molecule has 0 fully saturated rings. The minimum absolute atomic E-state index is 0.0931. The quantitative estimate of drug-likeness (QED) is 0.419. The maximum atomic E-state index is 6.30. The van der Waals surface area contributed by atoms with Crippen molar-refractivity contribution in [1.82, 2.24) is 0 Å². The van der Waals surface area contributed by atoms with E-state index in [1.165, 1.54) is 0 Å². The van der Waals surface area contributed by atoms with Gasteiger partial charge in [0.15, 0.2) is 8.32 Å². The molecule has 1 unspecified atom stereocenters. The van der Waals surface area contributed by atoms with Crippen molar-refractivity contribution >= 4 is 19.9 Å². The highest BCUT2D eigenvalue weighted by atomic mass is 35.5. The Labute approximate surface area is 165 Å². The first-order valence-electron chi connectivity index (χ1n) is 9.26. The Kier molecular flexibility index (Phi) is 9.38. The lowest BCUT2D eigenvalue weighted by Crippen LogP contribution is -2.41. The standard InChI is InChI=1S/C21H35ClO3Si/c1-17(22)8-11-20(14-15-25-26(6,7)21(2,3)4)24-16-18-9-12-19(23-5)13-10-18/h8-10,12-13,20H,11,14-16H2,1-7H3/b17-8+. The molecule has 0 saturated heterocycles. The monoisotopic (exact) mass is 398 g/mol. The van der Waals surface area contributed by atoms with Gasteiger partial charge in [0.05, 0.1) is 19.8 Å². The van der Waals surface area contributed by atoms with E-state index in [9.17, 15) is 0 Å². The maximum absolute atomic E-state index is 6.30. The Bertz CT molecular complexity index is 558. The predicted molar refractivity (Wildman–Crippen MR) is 114 cm³/mol. The summed E-state index contributed by atoms with van der Waals surface area (Å²) >= 11 is 6.01. The predicted octanol–water partition coefficient (Wildman–Crippen LogP) is 6.53. The maximum Gasteiger partial charge on any atom is 0.191 e. The van der Waals surface area contributed by atoms with Gasteiger partial charge in [0.1, 0.15) is 5.75 Å². The molecule has 0 aliphatic carbocycles. The molecule has 0 N–H and O–H groups in total. The molecule has 0 bridgehead atoms. The van der Waals surface area contributed by atoms with Gasteiger partial charge < -0.3 is 13.9 Å². The largest absolute Gasteiger partial charge is 0.497 e. The van der Waals surface area contributed by atoms with Crippen LogP contribution in [0.1, 0.15) is 46.1 Å². The van der Waals surface area contributed by atoms with Gasteiger partial charge in [-0.2, -0.15) is 0 Å². The van der Waals surface area contributed by atoms with Crippen LogP contribution in [0.5, 0.6) is 5.75 Å². The summed E-state index contributed by atoms with van der Waals surface area (Å²) in [6.07, 6.45) is 3.78. The van der Waals surface area contributed by atoms with Gasteiger partial charge in [0.25, 0.3) is 0 Å². The minimum Gasteiger partial charge on any atom is -0.497 e. The van der Waals surface area contributed by atoms with Crippen LogP contribution >= 0.6 is 11.6 Å². The van der Waals surface area contributed by atoms with Crippen LogP contribution in [0.25, 0.3) is 0 Å². The van der Waals surface area contributed by atoms with Crippen molar-refractivity contribution in [2.45, 2.75) is 71.4 Å². The van der Waals surface area contributed by atoms with Crippen LogP contribution in [0.4, 0.5) is 0 Å². The van der Waals surface area contributed by atoms with E-state index in [0.29, 0.717) is 6.61 Å². The van der Waals surface area contributed by atoms with E-state index >= 15 is 0 Å². The number of allylic oxidation sites excluding steroid dienone is 1. The summed E-state index contributed by atoms with van der Waals surface area (Å²) in [4.78, 5) is 0. The number of benzene rings is 1. The Morgan fingerprint density at radius 2 is 1.81 bits per heavy atom. The average Bonchev–Trinajstić information content (AvgIpc) is 2.56. The van der Waals surface area contributed by atoms with Crippen molar-refractivity contribution in [2.24, 2.45) is 0 Å². The van der Waals surface area contributed by atoms with Gasteiger partial charge in [0.2, 0.25) is 0 Å². The molecule has 1 rings (SSSR count). The van der Waals surface area contributed by atoms with Gasteiger partial charge in [-0.15, -0.1) is 0 Å². The van der Waals surface area contributed by atoms with Crippen molar-refractivity contribution in [3.63, 3.8) is 0 Å². The third kappa shape index (κ3) is 8.25. The van der Waals surface area contributed by atoms with Crippen molar-refractivity contribution in [2.75, 3.05) is 13.7 Å². The third-order valence-electron chi connectivity index (χ3n) is 5.02. The highest BCUT2D eigenvalue weighted by molar-refractivity contribution is 6.74. The summed E-state index contributed by atoms with van der Waals surface area (Å²) < 4.78 is 17.6. The number of ether oxygens (including phenoxy) is 2. The van der Waals surface area contributed by atoms with Gasteiger partial charge in [-0.05, 0) is 55.6 Å². The molecule has 5 heteroatoms. The Hall–Kier alpha value is -0.813. The molecule has 0 heterocycles. The van der Waals surface area contributed by atoms with Gasteiger partial charge in [-0.1, -0.05) is 50.6 Å². The first kappa shape index (κ1) is 23.2. The second kappa shape index (κ2) is 10.5. The smallest absolute Gasteiger partial charge is 0.191 e. The van der Waals surface area contributed by atoms with Crippen molar-refractivity contribution in [3.8, 4) is 5.75 Å². The van der Waals surface area contributed by atoms with Gasteiger partial charge in [0, 0.05) is 11.6 Å². The van der Waals surface area contributed by atoms with Crippen molar-refractivity contribution in [3.05, 3.63) is 40.9 Å². The third-order valence-corrected chi connectivity index (χ3v) is 9.71. The van der Waals surface area contributed by atoms with Crippen molar-refractivity contribution in [1.29, 1.82) is 0 Å². The van der Waals surface area contributed by atoms with Crippen LogP contribution in [-0.2, 0) is 15.8 Å². The van der Waals surface area contributed by atoms with E-state index in [0.717, 1.165) is 35.8 Å². The van der Waals surface area contributed by atoms with E-state index in [-0.39, 0.29) is 11.1 Å². The number of hydrogen-bond acceptors (Lipinski definition) is 3. The van der Waals surface area contributed by atoms with E-state index < -0.39 is 8.32 Å². The molecule has 148 valence electrons. The van der Waals surface area contributed by atoms with Crippen LogP contribution in [-0.4, -0.2) is 28.1 Å². The number of halogens is 1. The van der Waals surface area contributed by atoms with Crippen LogP contribution in [0.15, 0.2) is 35.4 Å². The summed E-state index contributed by atoms with van der Waals surface area (Å²) in [6, 6.07) is 7.98. The van der Waals surface area contributed by atoms with Crippen LogP contribution < -0.4 is 4.74 Å². The highest BCUT2D eigenvalue weighted by Crippen LogP contribution is 2.36. The number of rotatable bonds is 10. The molecular formula is C21H35ClO3Si. The zero-order valence-electron chi connectivity index (χ0n) is 17.4. The summed E-state index contributed by atoms with van der Waals surface area (Å²) in [7, 11) is -0.0535. The van der Waals surface area contributed by atoms with Gasteiger partial charge >= 0.3 is 0 Å². The molecule has 26 heavy (non-hydrogen) atoms. The molecule has 1 aromatic carbocycles. The molecule has 0 radical (unpaired) electrons. The fourth-order valence-electron chi connectivity index (χ4n) is 2.16. The Balaban J connectivity index is 2.59. The fraction of sp³-hybridized carbons (Fsp3) is 0.619. The van der Waals surface area contributed by atoms with Crippen LogP contribution in [0, 0.1) is 0 Å². The molecule has 0 saturated carbocycles. The summed E-state index contributed by atoms with van der Waals surface area (Å²) in [5, 5.41) is 1.02. The number of methoxy groups -OCH3 is 1. The molecular weight excluding hydrogens is 364 g/mol. The summed E-state index contributed by atoms with van der Waals surface area (Å²) in [5.74, 6) is 0.855. The molecule has 1 aromatic rings. The van der Waals surface area contributed by atoms with Gasteiger partial charge in [-0.25, -0.2) is 0 Å². The molecule has 1 atom stereocenters. The average molecular weight is 399 g/mol. The summed E-state index contributed by atoms with van der Waals surface area (Å²) in [5.41, 5.74) is 1.13. The van der Waals surface area contributed by atoms with E-state index in [2.05, 4.69) is 33.9 Å². The highest BCUT2D eigenvalue weighted by Gasteiger charge is 2.37. The zero-order chi connectivity index (χ0) is 19.8. The first-order chi connectivity index (χ1) is 12.0. The van der Waals surface area contributed by atoms with Gasteiger partial charge in [-0.3, -0.25) is 0 Å². The Morgan fingerprint density at radius 1 is 1.19 bits per heavy atom. The second-order valence-corrected chi connectivity index (χ2v) is 13.6. The first-order valence-corrected chi connectivity index (χ1v) is 12.5. The molecule has 0 amide bonds. The summed E-state index contributed by atoms with van der Waals surface area (Å²) in [6.45, 7) is 14.5. The Morgan fingerprint density at radius 3 is 2.31 bits per heavy atom. The molecule has 0 aliphatic rings. The molecule has 3 nitrogen and oxygen atoms in total. The molecule has 0 aliphatic heterocycles. The molecule has 0 aromatic heterocycles. The van der Waals surface area contributed by atoms with Crippen molar-refractivity contribution < 1.29 is 13.9 Å². The lowest BCUT2D eigenvalue weighted by molar-refractivity contribution is 0.0272. The van der Waals surface area contributed by atoms with Crippen LogP contribution in [0.3, 0.4) is 0 Å². The lowest BCUT2D eigenvalue weighted by Gasteiger charge is -2.36. The second-order valence-electron chi connectivity index (χ2n) is 8.21. The lowest BCUT2D eigenvalue weighted by atomic mass is 10.1. The molecule has 0 spiro atoms. The van der Waals surface area contributed by atoms with E-state index in [1.54, 1.807) is 7.11 Å². The zero-order valence-corrected chi connectivity index (χ0v) is 19.2. The van der Waals surface area contributed by atoms with Crippen LogP contribution in [0.2, 0.25) is 18.1 Å². The van der Waals surface area contributed by atoms with E-state index in [4.69, 9.17) is 25.5 Å². The normalized spacial score (nSPS) is 14.4. The fourth-order valence-corrected chi connectivity index (χ4v) is 3.31. The minimum atomic E-state index is -1.72.